The van der Waals surface area contributed by atoms with Crippen LogP contribution in [0.25, 0.3) is 0 Å². The smallest absolute Gasteiger partial charge is 0.241 e. The summed E-state index contributed by atoms with van der Waals surface area (Å²) in [6.07, 6.45) is 0. The summed E-state index contributed by atoms with van der Waals surface area (Å²) in [6, 6.07) is 12.7. The molecule has 0 saturated carbocycles. The highest BCUT2D eigenvalue weighted by Crippen LogP contribution is 2.28. The van der Waals surface area contributed by atoms with Gasteiger partial charge in [0.15, 0.2) is 15.1 Å². The molecule has 1 fully saturated rings. The molecular formula is C19H20ClN3O5S2. The third-order valence-electron chi connectivity index (χ3n) is 4.32. The molecule has 0 spiro atoms. The quantitative estimate of drug-likeness (QED) is 0.567. The summed E-state index contributed by atoms with van der Waals surface area (Å²) >= 11 is 7.08. The SMILES string of the molecule is COc1ccc(Cl)cc1NC(=O)CSC1NCC(S(=O)(=O)c2ccccc2)C(=O)N1. The van der Waals surface area contributed by atoms with Crippen molar-refractivity contribution < 1.29 is 22.7 Å². The first-order chi connectivity index (χ1) is 14.3. The van der Waals surface area contributed by atoms with Gasteiger partial charge in [0.1, 0.15) is 11.2 Å². The van der Waals surface area contributed by atoms with Crippen LogP contribution in [-0.2, 0) is 19.4 Å². The summed E-state index contributed by atoms with van der Waals surface area (Å²) in [5.74, 6) is -0.442. The van der Waals surface area contributed by atoms with Crippen molar-refractivity contribution in [2.45, 2.75) is 15.6 Å². The third kappa shape index (κ3) is 5.25. The van der Waals surface area contributed by atoms with Crippen LogP contribution in [0.5, 0.6) is 5.75 Å². The van der Waals surface area contributed by atoms with E-state index in [1.807, 2.05) is 0 Å². The molecule has 2 atom stereocenters. The number of sulfone groups is 1. The topological polar surface area (TPSA) is 114 Å². The molecule has 1 aliphatic heterocycles. The molecular weight excluding hydrogens is 450 g/mol. The van der Waals surface area contributed by atoms with Gasteiger partial charge in [-0.15, -0.1) is 11.8 Å². The van der Waals surface area contributed by atoms with Gasteiger partial charge in [-0.25, -0.2) is 8.42 Å². The molecule has 0 aromatic heterocycles. The van der Waals surface area contributed by atoms with Gasteiger partial charge in [0.25, 0.3) is 0 Å². The zero-order valence-electron chi connectivity index (χ0n) is 15.9. The van der Waals surface area contributed by atoms with Crippen LogP contribution in [0.3, 0.4) is 0 Å². The molecule has 8 nitrogen and oxygen atoms in total. The number of thioether (sulfide) groups is 1. The summed E-state index contributed by atoms with van der Waals surface area (Å²) in [6.45, 7) is -0.0511. The zero-order chi connectivity index (χ0) is 21.7. The Kier molecular flexibility index (Phi) is 7.24. The number of hydrogen-bond acceptors (Lipinski definition) is 7. The molecule has 1 saturated heterocycles. The van der Waals surface area contributed by atoms with Crippen LogP contribution in [0.4, 0.5) is 5.69 Å². The van der Waals surface area contributed by atoms with Crippen LogP contribution < -0.4 is 20.7 Å². The molecule has 2 amide bonds. The van der Waals surface area contributed by atoms with Crippen molar-refractivity contribution in [1.82, 2.24) is 10.6 Å². The van der Waals surface area contributed by atoms with Gasteiger partial charge in [0.05, 0.1) is 23.4 Å². The van der Waals surface area contributed by atoms with Gasteiger partial charge in [-0.3, -0.25) is 14.9 Å². The summed E-state index contributed by atoms with van der Waals surface area (Å²) in [5.41, 5.74) is -0.156. The van der Waals surface area contributed by atoms with Crippen molar-refractivity contribution in [1.29, 1.82) is 0 Å². The molecule has 160 valence electrons. The highest BCUT2D eigenvalue weighted by atomic mass is 35.5. The zero-order valence-corrected chi connectivity index (χ0v) is 18.3. The molecule has 1 aliphatic rings. The third-order valence-corrected chi connectivity index (χ3v) is 7.66. The number of ether oxygens (including phenoxy) is 1. The second-order valence-electron chi connectivity index (χ2n) is 6.35. The molecule has 2 unspecified atom stereocenters. The Hall–Kier alpha value is -2.27. The fourth-order valence-corrected chi connectivity index (χ4v) is 5.34. The maximum Gasteiger partial charge on any atom is 0.241 e. The Morgan fingerprint density at radius 3 is 2.67 bits per heavy atom. The van der Waals surface area contributed by atoms with E-state index in [-0.39, 0.29) is 23.1 Å². The minimum Gasteiger partial charge on any atom is -0.495 e. The van der Waals surface area contributed by atoms with E-state index in [9.17, 15) is 18.0 Å². The summed E-state index contributed by atoms with van der Waals surface area (Å²) in [7, 11) is -2.33. The van der Waals surface area contributed by atoms with Crippen molar-refractivity contribution in [3.63, 3.8) is 0 Å². The van der Waals surface area contributed by atoms with Crippen LogP contribution in [0.1, 0.15) is 0 Å². The molecule has 1 heterocycles. The van der Waals surface area contributed by atoms with Gasteiger partial charge in [0, 0.05) is 11.6 Å². The second kappa shape index (κ2) is 9.69. The molecule has 3 rings (SSSR count). The van der Waals surface area contributed by atoms with Crippen LogP contribution >= 0.6 is 23.4 Å². The van der Waals surface area contributed by atoms with Crippen molar-refractivity contribution in [3.8, 4) is 5.75 Å². The molecule has 0 bridgehead atoms. The van der Waals surface area contributed by atoms with Crippen molar-refractivity contribution in [2.75, 3.05) is 24.7 Å². The predicted octanol–water partition coefficient (Wildman–Crippen LogP) is 1.87. The molecule has 11 heteroatoms. The van der Waals surface area contributed by atoms with Crippen molar-refractivity contribution >= 4 is 50.7 Å². The van der Waals surface area contributed by atoms with E-state index in [0.29, 0.717) is 16.5 Å². The number of benzene rings is 2. The maximum absolute atomic E-state index is 12.7. The van der Waals surface area contributed by atoms with E-state index in [4.69, 9.17) is 16.3 Å². The van der Waals surface area contributed by atoms with Gasteiger partial charge < -0.3 is 15.4 Å². The Bertz CT molecular complexity index is 1030. The van der Waals surface area contributed by atoms with Crippen molar-refractivity contribution in [3.05, 3.63) is 53.6 Å². The Morgan fingerprint density at radius 1 is 1.27 bits per heavy atom. The maximum atomic E-state index is 12.7. The van der Waals surface area contributed by atoms with E-state index in [0.717, 1.165) is 11.8 Å². The normalized spacial score (nSPS) is 19.1. The molecule has 2 aromatic rings. The number of methoxy groups -OCH3 is 1. The molecule has 30 heavy (non-hydrogen) atoms. The summed E-state index contributed by atoms with van der Waals surface area (Å²) in [4.78, 5) is 24.8. The lowest BCUT2D eigenvalue weighted by atomic mass is 10.3. The Balaban J connectivity index is 1.55. The highest BCUT2D eigenvalue weighted by molar-refractivity contribution is 8.00. The number of carbonyl (C=O) groups excluding carboxylic acids is 2. The minimum atomic E-state index is -3.81. The number of hydrogen-bond donors (Lipinski definition) is 3. The Morgan fingerprint density at radius 2 is 2.00 bits per heavy atom. The first kappa shape index (κ1) is 22.4. The van der Waals surface area contributed by atoms with E-state index in [1.54, 1.807) is 36.4 Å². The highest BCUT2D eigenvalue weighted by Gasteiger charge is 2.38. The number of nitrogens with one attached hydrogen (secondary N) is 3. The molecule has 3 N–H and O–H groups in total. The largest absolute Gasteiger partial charge is 0.495 e. The average Bonchev–Trinajstić information content (AvgIpc) is 2.73. The number of anilines is 1. The molecule has 0 radical (unpaired) electrons. The summed E-state index contributed by atoms with van der Waals surface area (Å²) in [5, 5.41) is 7.47. The van der Waals surface area contributed by atoms with Gasteiger partial charge in [-0.05, 0) is 30.3 Å². The fourth-order valence-electron chi connectivity index (χ4n) is 2.83. The minimum absolute atomic E-state index is 0.0176. The van der Waals surface area contributed by atoms with Gasteiger partial charge >= 0.3 is 0 Å². The predicted molar refractivity (Wildman–Crippen MR) is 116 cm³/mol. The Labute approximate surface area is 183 Å². The number of halogens is 1. The van der Waals surface area contributed by atoms with E-state index >= 15 is 0 Å². The first-order valence-electron chi connectivity index (χ1n) is 8.89. The van der Waals surface area contributed by atoms with Gasteiger partial charge in [0.2, 0.25) is 11.8 Å². The number of carbonyl (C=O) groups is 2. The van der Waals surface area contributed by atoms with E-state index < -0.39 is 26.5 Å². The fraction of sp³-hybridized carbons (Fsp3) is 0.263. The second-order valence-corrected chi connectivity index (χ2v) is 10.0. The monoisotopic (exact) mass is 469 g/mol. The van der Waals surface area contributed by atoms with Gasteiger partial charge in [-0.1, -0.05) is 29.8 Å². The molecule has 0 aliphatic carbocycles. The number of amides is 2. The van der Waals surface area contributed by atoms with E-state index in [2.05, 4.69) is 16.0 Å². The van der Waals surface area contributed by atoms with Crippen LogP contribution in [0, 0.1) is 0 Å². The van der Waals surface area contributed by atoms with E-state index in [1.165, 1.54) is 19.2 Å². The standard InChI is InChI=1S/C19H20ClN3O5S2/c1-28-15-8-7-12(20)9-14(15)22-17(24)11-29-19-21-10-16(18(25)23-19)30(26,27)13-5-3-2-4-6-13/h2-9,16,19,21H,10-11H2,1H3,(H,22,24)(H,23,25). The summed E-state index contributed by atoms with van der Waals surface area (Å²) < 4.78 is 30.5. The molecule has 2 aromatic carbocycles. The van der Waals surface area contributed by atoms with Crippen LogP contribution in [-0.4, -0.2) is 50.4 Å². The first-order valence-corrected chi connectivity index (χ1v) is 11.9. The lowest BCUT2D eigenvalue weighted by Gasteiger charge is -2.29. The van der Waals surface area contributed by atoms with Gasteiger partial charge in [-0.2, -0.15) is 0 Å². The average molecular weight is 470 g/mol. The van der Waals surface area contributed by atoms with Crippen LogP contribution in [0.15, 0.2) is 53.4 Å². The van der Waals surface area contributed by atoms with Crippen molar-refractivity contribution in [2.24, 2.45) is 0 Å². The lowest BCUT2D eigenvalue weighted by molar-refractivity contribution is -0.122. The van der Waals surface area contributed by atoms with Crippen LogP contribution in [0.2, 0.25) is 5.02 Å². The lowest BCUT2D eigenvalue weighted by Crippen LogP contribution is -2.59. The number of rotatable bonds is 7.